The Labute approximate surface area is 201 Å². The van der Waals surface area contributed by atoms with E-state index in [1.165, 1.54) is 11.3 Å². The molecule has 4 rings (SSSR count). The van der Waals surface area contributed by atoms with E-state index in [1.54, 1.807) is 19.2 Å². The molecule has 1 aliphatic carbocycles. The van der Waals surface area contributed by atoms with Gasteiger partial charge in [-0.3, -0.25) is 9.59 Å². The second kappa shape index (κ2) is 9.64. The van der Waals surface area contributed by atoms with E-state index in [4.69, 9.17) is 9.84 Å². The number of carboxylic acid groups (broad SMARTS) is 1. The van der Waals surface area contributed by atoms with E-state index in [0.29, 0.717) is 10.7 Å². The van der Waals surface area contributed by atoms with Gasteiger partial charge in [-0.1, -0.05) is 48.5 Å². The molecule has 1 aliphatic rings. The normalized spacial score (nSPS) is 12.5. The van der Waals surface area contributed by atoms with Crippen LogP contribution in [0.25, 0.3) is 11.1 Å². The molecule has 2 aromatic carbocycles. The van der Waals surface area contributed by atoms with Gasteiger partial charge in [0, 0.05) is 11.3 Å². The Bertz CT molecular complexity index is 1190. The molecule has 0 fully saturated rings. The number of benzene rings is 2. The van der Waals surface area contributed by atoms with Crippen LogP contribution in [0.15, 0.2) is 53.9 Å². The number of hydrogen-bond acceptors (Lipinski definition) is 6. The van der Waals surface area contributed by atoms with E-state index >= 15 is 0 Å². The standard InChI is InChI=1S/C25H25N3O5S/c1-25(2,23(31)26-12-21-27-15(14-34-21)11-22(29)30)28-24(32)33-13-20-18-9-5-3-7-16(18)17-8-4-6-10-19(17)20/h3-10,14,20H,11-13H2,1-2H3,(H,26,31)(H,28,32)(H,29,30). The fraction of sp³-hybridized carbons (Fsp3) is 0.280. The lowest BCUT2D eigenvalue weighted by Gasteiger charge is -2.25. The molecule has 9 heteroatoms. The van der Waals surface area contributed by atoms with Crippen LogP contribution in [-0.4, -0.2) is 40.2 Å². The molecule has 0 spiro atoms. The van der Waals surface area contributed by atoms with Crippen LogP contribution >= 0.6 is 11.3 Å². The Hall–Kier alpha value is -3.72. The van der Waals surface area contributed by atoms with Gasteiger partial charge in [-0.25, -0.2) is 9.78 Å². The molecule has 2 amide bonds. The number of nitrogens with one attached hydrogen (secondary N) is 2. The first kappa shape index (κ1) is 23.4. The summed E-state index contributed by atoms with van der Waals surface area (Å²) in [5.74, 6) is -1.44. The summed E-state index contributed by atoms with van der Waals surface area (Å²) < 4.78 is 5.53. The third-order valence-electron chi connectivity index (χ3n) is 5.66. The van der Waals surface area contributed by atoms with Crippen molar-refractivity contribution in [1.82, 2.24) is 15.6 Å². The van der Waals surface area contributed by atoms with Crippen LogP contribution in [0.3, 0.4) is 0 Å². The molecule has 3 aromatic rings. The van der Waals surface area contributed by atoms with Gasteiger partial charge in [0.05, 0.1) is 18.7 Å². The Balaban J connectivity index is 1.32. The van der Waals surface area contributed by atoms with Gasteiger partial charge in [0.1, 0.15) is 17.2 Å². The van der Waals surface area contributed by atoms with Gasteiger partial charge in [-0.15, -0.1) is 11.3 Å². The molecule has 8 nitrogen and oxygen atoms in total. The maximum atomic E-state index is 12.6. The van der Waals surface area contributed by atoms with Gasteiger partial charge < -0.3 is 20.5 Å². The first-order valence-electron chi connectivity index (χ1n) is 10.8. The molecule has 0 saturated carbocycles. The topological polar surface area (TPSA) is 118 Å². The zero-order valence-electron chi connectivity index (χ0n) is 18.8. The molecule has 0 unspecified atom stereocenters. The average Bonchev–Trinajstić information content (AvgIpc) is 3.37. The summed E-state index contributed by atoms with van der Waals surface area (Å²) in [5, 5.41) is 16.4. The first-order valence-corrected chi connectivity index (χ1v) is 11.7. The minimum absolute atomic E-state index is 0.0695. The van der Waals surface area contributed by atoms with E-state index in [9.17, 15) is 14.4 Å². The molecule has 0 aliphatic heterocycles. The molecular formula is C25H25N3O5S. The van der Waals surface area contributed by atoms with Crippen molar-refractivity contribution in [3.63, 3.8) is 0 Å². The summed E-state index contributed by atoms with van der Waals surface area (Å²) >= 11 is 1.27. The van der Waals surface area contributed by atoms with Crippen molar-refractivity contribution in [1.29, 1.82) is 0 Å². The Kier molecular flexibility index (Phi) is 6.65. The van der Waals surface area contributed by atoms with Crippen molar-refractivity contribution in [2.45, 2.75) is 38.3 Å². The van der Waals surface area contributed by atoms with Crippen molar-refractivity contribution >= 4 is 29.3 Å². The fourth-order valence-electron chi connectivity index (χ4n) is 3.99. The fourth-order valence-corrected chi connectivity index (χ4v) is 4.72. The summed E-state index contributed by atoms with van der Waals surface area (Å²) in [6.07, 6.45) is -0.848. The molecular weight excluding hydrogens is 454 g/mol. The smallest absolute Gasteiger partial charge is 0.408 e. The van der Waals surface area contributed by atoms with Crippen LogP contribution < -0.4 is 10.6 Å². The van der Waals surface area contributed by atoms with Crippen LogP contribution in [0.5, 0.6) is 0 Å². The molecule has 3 N–H and O–H groups in total. The monoisotopic (exact) mass is 479 g/mol. The van der Waals surface area contributed by atoms with Gasteiger partial charge >= 0.3 is 12.1 Å². The number of aromatic nitrogens is 1. The van der Waals surface area contributed by atoms with Crippen molar-refractivity contribution in [3.05, 3.63) is 75.7 Å². The summed E-state index contributed by atoms with van der Waals surface area (Å²) in [6.45, 7) is 3.46. The number of rotatable bonds is 8. The van der Waals surface area contributed by atoms with Crippen molar-refractivity contribution < 1.29 is 24.2 Å². The molecule has 0 radical (unpaired) electrons. The highest BCUT2D eigenvalue weighted by atomic mass is 32.1. The largest absolute Gasteiger partial charge is 0.481 e. The van der Waals surface area contributed by atoms with Crippen LogP contribution in [0.4, 0.5) is 4.79 Å². The first-order chi connectivity index (χ1) is 16.2. The molecule has 0 saturated heterocycles. The molecule has 1 heterocycles. The van der Waals surface area contributed by atoms with Gasteiger partial charge in [-0.2, -0.15) is 0 Å². The summed E-state index contributed by atoms with van der Waals surface area (Å²) in [7, 11) is 0. The van der Waals surface area contributed by atoms with Gasteiger partial charge in [0.25, 0.3) is 0 Å². The molecule has 0 atom stereocenters. The maximum Gasteiger partial charge on any atom is 0.408 e. The highest BCUT2D eigenvalue weighted by Crippen LogP contribution is 2.44. The maximum absolute atomic E-state index is 12.6. The van der Waals surface area contributed by atoms with E-state index < -0.39 is 23.5 Å². The predicted octanol–water partition coefficient (Wildman–Crippen LogP) is 3.70. The third-order valence-corrected chi connectivity index (χ3v) is 6.56. The molecule has 176 valence electrons. The van der Waals surface area contributed by atoms with E-state index in [1.807, 2.05) is 36.4 Å². The van der Waals surface area contributed by atoms with E-state index in [0.717, 1.165) is 22.3 Å². The van der Waals surface area contributed by atoms with Gasteiger partial charge in [0.2, 0.25) is 5.91 Å². The zero-order valence-corrected chi connectivity index (χ0v) is 19.6. The number of alkyl carbamates (subject to hydrolysis) is 1. The summed E-state index contributed by atoms with van der Waals surface area (Å²) in [6, 6.07) is 16.1. The van der Waals surface area contributed by atoms with Crippen LogP contribution in [0.1, 0.15) is 41.6 Å². The zero-order chi connectivity index (χ0) is 24.3. The summed E-state index contributed by atoms with van der Waals surface area (Å²) in [4.78, 5) is 40.2. The van der Waals surface area contributed by atoms with Crippen molar-refractivity contribution in [2.24, 2.45) is 0 Å². The highest BCUT2D eigenvalue weighted by molar-refractivity contribution is 7.09. The Morgan fingerprint density at radius 1 is 1.06 bits per heavy atom. The number of amides is 2. The Morgan fingerprint density at radius 2 is 1.68 bits per heavy atom. The molecule has 1 aromatic heterocycles. The number of nitrogens with zero attached hydrogens (tertiary/aromatic N) is 1. The van der Waals surface area contributed by atoms with Gasteiger partial charge in [0.15, 0.2) is 0 Å². The van der Waals surface area contributed by atoms with Gasteiger partial charge in [-0.05, 0) is 36.1 Å². The number of aliphatic carboxylic acids is 1. The predicted molar refractivity (Wildman–Crippen MR) is 128 cm³/mol. The molecule has 34 heavy (non-hydrogen) atoms. The van der Waals surface area contributed by atoms with Crippen LogP contribution in [0.2, 0.25) is 0 Å². The second-order valence-electron chi connectivity index (χ2n) is 8.56. The number of carboxylic acids is 1. The minimum atomic E-state index is -1.22. The van der Waals surface area contributed by atoms with Crippen LogP contribution in [-0.2, 0) is 27.3 Å². The SMILES string of the molecule is CC(C)(NC(=O)OCC1c2ccccc2-c2ccccc21)C(=O)NCc1nc(CC(=O)O)cs1. The number of thiazole rings is 1. The van der Waals surface area contributed by atoms with Crippen molar-refractivity contribution in [3.8, 4) is 11.1 Å². The number of hydrogen-bond donors (Lipinski definition) is 3. The number of carbonyl (C=O) groups is 3. The summed E-state index contributed by atoms with van der Waals surface area (Å²) in [5.41, 5.74) is 3.72. The van der Waals surface area contributed by atoms with E-state index in [2.05, 4.69) is 27.8 Å². The average molecular weight is 480 g/mol. The van der Waals surface area contributed by atoms with Crippen molar-refractivity contribution in [2.75, 3.05) is 6.61 Å². The lowest BCUT2D eigenvalue weighted by atomic mass is 9.98. The van der Waals surface area contributed by atoms with Crippen LogP contribution in [0, 0.1) is 0 Å². The lowest BCUT2D eigenvalue weighted by molar-refractivity contribution is -0.136. The van der Waals surface area contributed by atoms with E-state index in [-0.39, 0.29) is 25.5 Å². The molecule has 0 bridgehead atoms. The quantitative estimate of drug-likeness (QED) is 0.453. The minimum Gasteiger partial charge on any atom is -0.481 e. The number of carbonyl (C=O) groups excluding carboxylic acids is 2. The number of fused-ring (bicyclic) bond motifs is 3. The second-order valence-corrected chi connectivity index (χ2v) is 9.50. The number of ether oxygens (including phenoxy) is 1. The third kappa shape index (κ3) is 5.09. The Morgan fingerprint density at radius 3 is 2.29 bits per heavy atom. The highest BCUT2D eigenvalue weighted by Gasteiger charge is 2.32. The lowest BCUT2D eigenvalue weighted by Crippen LogP contribution is -2.54.